The molecule has 112 valence electrons. The minimum atomic E-state index is 0.319. The third kappa shape index (κ3) is 5.12. The van der Waals surface area contributed by atoms with Crippen LogP contribution >= 0.6 is 0 Å². The number of benzene rings is 2. The maximum atomic E-state index is 10.1. The Hall–Kier alpha value is -2.00. The van der Waals surface area contributed by atoms with Crippen molar-refractivity contribution in [2.75, 3.05) is 20.6 Å². The van der Waals surface area contributed by atoms with E-state index in [0.717, 1.165) is 30.5 Å². The zero-order valence-corrected chi connectivity index (χ0v) is 12.7. The van der Waals surface area contributed by atoms with Gasteiger partial charge in [-0.1, -0.05) is 36.4 Å². The number of hydrogen-bond donors (Lipinski definition) is 1. The fraction of sp³-hybridized carbons (Fsp3) is 0.333. The van der Waals surface area contributed by atoms with Crippen LogP contribution in [0.5, 0.6) is 11.5 Å². The molecule has 0 bridgehead atoms. The summed E-state index contributed by atoms with van der Waals surface area (Å²) in [7, 11) is 4.11. The molecule has 0 radical (unpaired) electrons. The number of aryl methyl sites for hydroxylation is 1. The van der Waals surface area contributed by atoms with Gasteiger partial charge in [0.2, 0.25) is 0 Å². The summed E-state index contributed by atoms with van der Waals surface area (Å²) in [6.07, 6.45) is 1.91. The quantitative estimate of drug-likeness (QED) is 0.845. The Morgan fingerprint density at radius 3 is 2.48 bits per heavy atom. The lowest BCUT2D eigenvalue weighted by molar-refractivity contribution is 0.304. The number of hydrogen-bond acceptors (Lipinski definition) is 3. The van der Waals surface area contributed by atoms with Crippen LogP contribution in [-0.4, -0.2) is 30.6 Å². The highest BCUT2D eigenvalue weighted by Gasteiger charge is 2.04. The van der Waals surface area contributed by atoms with Crippen molar-refractivity contribution in [1.29, 1.82) is 0 Å². The number of rotatable bonds is 7. The Balaban J connectivity index is 1.89. The molecule has 0 atom stereocenters. The smallest absolute Gasteiger partial charge is 0.123 e. The van der Waals surface area contributed by atoms with E-state index in [1.54, 1.807) is 6.07 Å². The van der Waals surface area contributed by atoms with E-state index in [2.05, 4.69) is 19.0 Å². The van der Waals surface area contributed by atoms with Crippen molar-refractivity contribution in [2.24, 2.45) is 0 Å². The SMILES string of the molecule is CN(C)CCCc1ccc(OCc2ccccc2)cc1O. The Morgan fingerprint density at radius 2 is 1.81 bits per heavy atom. The molecule has 3 heteroatoms. The molecule has 0 aliphatic rings. The summed E-state index contributed by atoms with van der Waals surface area (Å²) in [4.78, 5) is 2.15. The maximum absolute atomic E-state index is 10.1. The minimum Gasteiger partial charge on any atom is -0.508 e. The van der Waals surface area contributed by atoms with Gasteiger partial charge >= 0.3 is 0 Å². The predicted octanol–water partition coefficient (Wildman–Crippen LogP) is 3.47. The number of ether oxygens (including phenoxy) is 1. The van der Waals surface area contributed by atoms with Crippen LogP contribution in [0.25, 0.3) is 0 Å². The lowest BCUT2D eigenvalue weighted by Crippen LogP contribution is -2.13. The average Bonchev–Trinajstić information content (AvgIpc) is 2.48. The van der Waals surface area contributed by atoms with E-state index >= 15 is 0 Å². The van der Waals surface area contributed by atoms with Gasteiger partial charge in [-0.15, -0.1) is 0 Å². The Bertz CT molecular complexity index is 552. The van der Waals surface area contributed by atoms with Crippen LogP contribution in [0.1, 0.15) is 17.5 Å². The number of aromatic hydroxyl groups is 1. The Labute approximate surface area is 126 Å². The van der Waals surface area contributed by atoms with Gasteiger partial charge in [-0.25, -0.2) is 0 Å². The largest absolute Gasteiger partial charge is 0.508 e. The van der Waals surface area contributed by atoms with Gasteiger partial charge in [0.15, 0.2) is 0 Å². The maximum Gasteiger partial charge on any atom is 0.123 e. The summed E-state index contributed by atoms with van der Waals surface area (Å²) in [5.74, 6) is 1.02. The third-order valence-electron chi connectivity index (χ3n) is 3.36. The van der Waals surface area contributed by atoms with Gasteiger partial charge < -0.3 is 14.7 Å². The second-order valence-corrected chi connectivity index (χ2v) is 5.47. The van der Waals surface area contributed by atoms with E-state index in [4.69, 9.17) is 4.74 Å². The zero-order chi connectivity index (χ0) is 15.1. The first-order valence-corrected chi connectivity index (χ1v) is 7.28. The summed E-state index contributed by atoms with van der Waals surface area (Å²) < 4.78 is 5.70. The van der Waals surface area contributed by atoms with Crippen molar-refractivity contribution in [3.63, 3.8) is 0 Å². The van der Waals surface area contributed by atoms with Gasteiger partial charge in [-0.05, 0) is 50.7 Å². The first-order chi connectivity index (χ1) is 10.1. The standard InChI is InChI=1S/C18H23NO2/c1-19(2)12-6-9-16-10-11-17(13-18(16)20)21-14-15-7-4-3-5-8-15/h3-5,7-8,10-11,13,20H,6,9,12,14H2,1-2H3. The van der Waals surface area contributed by atoms with Crippen LogP contribution in [0.2, 0.25) is 0 Å². The molecule has 2 aromatic rings. The van der Waals surface area contributed by atoms with Crippen molar-refractivity contribution in [1.82, 2.24) is 4.90 Å². The van der Waals surface area contributed by atoms with E-state index in [9.17, 15) is 5.11 Å². The molecule has 0 saturated heterocycles. The number of phenolic OH excluding ortho intramolecular Hbond substituents is 1. The molecule has 0 saturated carbocycles. The van der Waals surface area contributed by atoms with Gasteiger partial charge in [0.05, 0.1) is 0 Å². The average molecular weight is 285 g/mol. The fourth-order valence-electron chi connectivity index (χ4n) is 2.17. The highest BCUT2D eigenvalue weighted by molar-refractivity contribution is 5.39. The molecule has 0 aliphatic heterocycles. The summed E-state index contributed by atoms with van der Waals surface area (Å²) in [6.45, 7) is 1.53. The normalized spacial score (nSPS) is 10.8. The van der Waals surface area contributed by atoms with Crippen molar-refractivity contribution in [3.8, 4) is 11.5 Å². The minimum absolute atomic E-state index is 0.319. The molecule has 2 rings (SSSR count). The van der Waals surface area contributed by atoms with E-state index in [1.165, 1.54) is 0 Å². The highest BCUT2D eigenvalue weighted by Crippen LogP contribution is 2.25. The highest BCUT2D eigenvalue weighted by atomic mass is 16.5. The van der Waals surface area contributed by atoms with Crippen LogP contribution in [-0.2, 0) is 13.0 Å². The van der Waals surface area contributed by atoms with Crippen molar-refractivity contribution >= 4 is 0 Å². The lowest BCUT2D eigenvalue weighted by Gasteiger charge is -2.11. The Kier molecular flexibility index (Phi) is 5.64. The first-order valence-electron chi connectivity index (χ1n) is 7.28. The first kappa shape index (κ1) is 15.4. The van der Waals surface area contributed by atoms with E-state index < -0.39 is 0 Å². The van der Waals surface area contributed by atoms with Crippen LogP contribution in [0, 0.1) is 0 Å². The van der Waals surface area contributed by atoms with Gasteiger partial charge in [0.1, 0.15) is 18.1 Å². The van der Waals surface area contributed by atoms with Gasteiger partial charge in [-0.2, -0.15) is 0 Å². The molecule has 21 heavy (non-hydrogen) atoms. The van der Waals surface area contributed by atoms with E-state index in [1.807, 2.05) is 42.5 Å². The van der Waals surface area contributed by atoms with Crippen LogP contribution in [0.4, 0.5) is 0 Å². The zero-order valence-electron chi connectivity index (χ0n) is 12.7. The second kappa shape index (κ2) is 7.70. The molecule has 2 aromatic carbocycles. The molecular formula is C18H23NO2. The van der Waals surface area contributed by atoms with Crippen molar-refractivity contribution < 1.29 is 9.84 Å². The van der Waals surface area contributed by atoms with Crippen LogP contribution in [0.15, 0.2) is 48.5 Å². The molecule has 0 heterocycles. The summed E-state index contributed by atoms with van der Waals surface area (Å²) in [6, 6.07) is 15.6. The lowest BCUT2D eigenvalue weighted by atomic mass is 10.1. The summed E-state index contributed by atoms with van der Waals surface area (Å²) in [5, 5.41) is 10.1. The molecular weight excluding hydrogens is 262 g/mol. The molecule has 0 amide bonds. The van der Waals surface area contributed by atoms with E-state index in [0.29, 0.717) is 18.1 Å². The van der Waals surface area contributed by atoms with Crippen LogP contribution in [0.3, 0.4) is 0 Å². The topological polar surface area (TPSA) is 32.7 Å². The molecule has 0 aromatic heterocycles. The molecule has 0 fully saturated rings. The van der Waals surface area contributed by atoms with E-state index in [-0.39, 0.29) is 0 Å². The number of phenols is 1. The molecule has 0 spiro atoms. The monoisotopic (exact) mass is 285 g/mol. The molecule has 0 aliphatic carbocycles. The molecule has 3 nitrogen and oxygen atoms in total. The van der Waals surface area contributed by atoms with Crippen LogP contribution < -0.4 is 4.74 Å². The van der Waals surface area contributed by atoms with Gasteiger partial charge in [0, 0.05) is 6.07 Å². The fourth-order valence-corrected chi connectivity index (χ4v) is 2.17. The van der Waals surface area contributed by atoms with Crippen molar-refractivity contribution in [2.45, 2.75) is 19.4 Å². The summed E-state index contributed by atoms with van der Waals surface area (Å²) >= 11 is 0. The second-order valence-electron chi connectivity index (χ2n) is 5.47. The Morgan fingerprint density at radius 1 is 1.05 bits per heavy atom. The third-order valence-corrected chi connectivity index (χ3v) is 3.36. The van der Waals surface area contributed by atoms with Gasteiger partial charge in [0.25, 0.3) is 0 Å². The van der Waals surface area contributed by atoms with Crippen molar-refractivity contribution in [3.05, 3.63) is 59.7 Å². The summed E-state index contributed by atoms with van der Waals surface area (Å²) in [5.41, 5.74) is 2.09. The predicted molar refractivity (Wildman–Crippen MR) is 85.8 cm³/mol. The van der Waals surface area contributed by atoms with Gasteiger partial charge in [-0.3, -0.25) is 0 Å². The number of nitrogens with zero attached hydrogens (tertiary/aromatic N) is 1. The molecule has 0 unspecified atom stereocenters. The molecule has 1 N–H and O–H groups in total.